The number of aryl methyl sites for hydroxylation is 1. The van der Waals surface area contributed by atoms with Crippen molar-refractivity contribution in [2.75, 3.05) is 30.4 Å². The van der Waals surface area contributed by atoms with Crippen LogP contribution in [-0.4, -0.2) is 35.1 Å². The second kappa shape index (κ2) is 12.5. The zero-order chi connectivity index (χ0) is 28.9. The average Bonchev–Trinajstić information content (AvgIpc) is 2.93. The van der Waals surface area contributed by atoms with Crippen LogP contribution in [0.2, 0.25) is 10.0 Å². The summed E-state index contributed by atoms with van der Waals surface area (Å²) in [6.45, 7) is 1.16. The van der Waals surface area contributed by atoms with Crippen molar-refractivity contribution in [3.63, 3.8) is 0 Å². The number of ether oxygens (including phenoxy) is 3. The largest absolute Gasteiger partial charge is 0.495 e. The molecule has 1 amide bonds. The number of rotatable bonds is 10. The van der Waals surface area contributed by atoms with E-state index in [0.29, 0.717) is 27.8 Å². The Morgan fingerprint density at radius 1 is 0.850 bits per heavy atom. The number of hydrogen-bond donors (Lipinski definition) is 1. The molecule has 0 radical (unpaired) electrons. The van der Waals surface area contributed by atoms with E-state index in [1.165, 1.54) is 44.6 Å². The van der Waals surface area contributed by atoms with Gasteiger partial charge in [-0.2, -0.15) is 0 Å². The highest BCUT2D eigenvalue weighted by Crippen LogP contribution is 2.36. The maximum Gasteiger partial charge on any atom is 0.268 e. The highest BCUT2D eigenvalue weighted by molar-refractivity contribution is 7.93. The van der Waals surface area contributed by atoms with Crippen LogP contribution in [0.25, 0.3) is 0 Å². The lowest BCUT2D eigenvalue weighted by atomic mass is 10.2. The van der Waals surface area contributed by atoms with E-state index in [9.17, 15) is 13.2 Å². The molecule has 11 heteroatoms. The molecule has 0 bridgehead atoms. The van der Waals surface area contributed by atoms with Gasteiger partial charge in [0.15, 0.2) is 5.75 Å². The smallest absolute Gasteiger partial charge is 0.268 e. The molecule has 0 saturated heterocycles. The summed E-state index contributed by atoms with van der Waals surface area (Å²) < 4.78 is 45.5. The monoisotopic (exact) mass is 600 g/mol. The maximum absolute atomic E-state index is 14.0. The van der Waals surface area contributed by atoms with Gasteiger partial charge in [-0.1, -0.05) is 47.5 Å². The average molecular weight is 602 g/mol. The third-order valence-corrected chi connectivity index (χ3v) is 8.11. The number of carbonyl (C=O) groups excluding carboxylic acids is 1. The molecule has 0 fully saturated rings. The van der Waals surface area contributed by atoms with Gasteiger partial charge in [0.25, 0.3) is 10.0 Å². The van der Waals surface area contributed by atoms with Crippen molar-refractivity contribution in [1.29, 1.82) is 0 Å². The van der Waals surface area contributed by atoms with E-state index in [0.717, 1.165) is 4.31 Å². The Bertz CT molecular complexity index is 1630. The normalized spacial score (nSPS) is 11.0. The zero-order valence-electron chi connectivity index (χ0n) is 21.9. The van der Waals surface area contributed by atoms with Gasteiger partial charge in [0.2, 0.25) is 5.91 Å². The second-order valence-corrected chi connectivity index (χ2v) is 11.3. The molecule has 1 N–H and O–H groups in total. The molecule has 0 aliphatic heterocycles. The van der Waals surface area contributed by atoms with Gasteiger partial charge in [-0.15, -0.1) is 0 Å². The molecule has 4 rings (SSSR count). The Hall–Kier alpha value is -3.92. The molecule has 0 unspecified atom stereocenters. The van der Waals surface area contributed by atoms with Crippen LogP contribution >= 0.6 is 23.2 Å². The molecule has 0 aliphatic carbocycles. The quantitative estimate of drug-likeness (QED) is 0.212. The minimum Gasteiger partial charge on any atom is -0.495 e. The van der Waals surface area contributed by atoms with E-state index in [1.54, 1.807) is 43.3 Å². The van der Waals surface area contributed by atoms with Crippen molar-refractivity contribution in [1.82, 2.24) is 0 Å². The first-order valence-corrected chi connectivity index (χ1v) is 14.1. The number of amides is 1. The van der Waals surface area contributed by atoms with Gasteiger partial charge in [-0.3, -0.25) is 9.10 Å². The van der Waals surface area contributed by atoms with Gasteiger partial charge in [0.1, 0.15) is 28.7 Å². The summed E-state index contributed by atoms with van der Waals surface area (Å²) in [7, 11) is -1.50. The van der Waals surface area contributed by atoms with Gasteiger partial charge in [0, 0.05) is 5.02 Å². The van der Waals surface area contributed by atoms with E-state index in [2.05, 4.69) is 5.32 Å². The summed E-state index contributed by atoms with van der Waals surface area (Å²) >= 11 is 12.5. The maximum atomic E-state index is 14.0. The summed E-state index contributed by atoms with van der Waals surface area (Å²) in [6, 6.07) is 22.9. The van der Waals surface area contributed by atoms with E-state index in [-0.39, 0.29) is 27.0 Å². The number of nitrogens with zero attached hydrogens (tertiary/aromatic N) is 1. The predicted molar refractivity (Wildman–Crippen MR) is 157 cm³/mol. The van der Waals surface area contributed by atoms with Crippen molar-refractivity contribution in [3.05, 3.63) is 101 Å². The van der Waals surface area contributed by atoms with Crippen LogP contribution in [0.1, 0.15) is 5.56 Å². The fourth-order valence-corrected chi connectivity index (χ4v) is 5.93. The van der Waals surface area contributed by atoms with Crippen molar-refractivity contribution in [2.24, 2.45) is 0 Å². The van der Waals surface area contributed by atoms with E-state index in [1.807, 2.05) is 18.2 Å². The van der Waals surface area contributed by atoms with E-state index in [4.69, 9.17) is 37.4 Å². The molecule has 4 aromatic rings. The third kappa shape index (κ3) is 6.62. The SMILES string of the molecule is COc1ccc(N(CC(=O)Nc2cc(Cl)ccc2Oc2ccccc2)S(=O)(=O)c2cc(C)ccc2OC)cc1Cl. The molecule has 8 nitrogen and oxygen atoms in total. The molecule has 0 spiro atoms. The number of para-hydroxylation sites is 1. The van der Waals surface area contributed by atoms with Crippen molar-refractivity contribution < 1.29 is 27.4 Å². The highest BCUT2D eigenvalue weighted by atomic mass is 35.5. The molecular formula is C29H26Cl2N2O6S. The number of benzene rings is 4. The summed E-state index contributed by atoms with van der Waals surface area (Å²) in [5, 5.41) is 3.25. The number of hydrogen-bond acceptors (Lipinski definition) is 6. The minimum atomic E-state index is -4.32. The molecular weight excluding hydrogens is 575 g/mol. The van der Waals surface area contributed by atoms with E-state index >= 15 is 0 Å². The Kier molecular flexibility index (Phi) is 9.09. The Labute approximate surface area is 243 Å². The van der Waals surface area contributed by atoms with Crippen LogP contribution in [0.4, 0.5) is 11.4 Å². The lowest BCUT2D eigenvalue weighted by Gasteiger charge is -2.26. The van der Waals surface area contributed by atoms with Gasteiger partial charge in [0.05, 0.1) is 30.6 Å². The van der Waals surface area contributed by atoms with Crippen LogP contribution in [0.3, 0.4) is 0 Å². The lowest BCUT2D eigenvalue weighted by Crippen LogP contribution is -2.38. The Balaban J connectivity index is 1.72. The first kappa shape index (κ1) is 29.1. The predicted octanol–water partition coefficient (Wildman–Crippen LogP) is 6.95. The number of anilines is 2. The third-order valence-electron chi connectivity index (χ3n) is 5.78. The van der Waals surface area contributed by atoms with Crippen molar-refractivity contribution in [2.45, 2.75) is 11.8 Å². The van der Waals surface area contributed by atoms with Crippen LogP contribution in [-0.2, 0) is 14.8 Å². The topological polar surface area (TPSA) is 94.2 Å². The number of halogens is 2. The number of sulfonamides is 1. The molecule has 0 saturated carbocycles. The zero-order valence-corrected chi connectivity index (χ0v) is 24.2. The molecule has 0 aliphatic rings. The fourth-order valence-electron chi connectivity index (χ4n) is 3.85. The van der Waals surface area contributed by atoms with Crippen molar-refractivity contribution in [3.8, 4) is 23.0 Å². The van der Waals surface area contributed by atoms with Gasteiger partial charge < -0.3 is 19.5 Å². The van der Waals surface area contributed by atoms with Crippen LogP contribution in [0.15, 0.2) is 89.8 Å². The first-order chi connectivity index (χ1) is 19.1. The lowest BCUT2D eigenvalue weighted by molar-refractivity contribution is -0.114. The van der Waals surface area contributed by atoms with Crippen LogP contribution in [0, 0.1) is 6.92 Å². The van der Waals surface area contributed by atoms with Gasteiger partial charge >= 0.3 is 0 Å². The van der Waals surface area contributed by atoms with Gasteiger partial charge in [-0.25, -0.2) is 8.42 Å². The van der Waals surface area contributed by atoms with E-state index < -0.39 is 22.5 Å². The number of nitrogens with one attached hydrogen (secondary N) is 1. The summed E-state index contributed by atoms with van der Waals surface area (Å²) in [5.74, 6) is 0.698. The number of methoxy groups -OCH3 is 2. The molecule has 0 heterocycles. The second-order valence-electron chi connectivity index (χ2n) is 8.59. The summed E-state index contributed by atoms with van der Waals surface area (Å²) in [6.07, 6.45) is 0. The van der Waals surface area contributed by atoms with Crippen LogP contribution < -0.4 is 23.8 Å². The molecule has 40 heavy (non-hydrogen) atoms. The Morgan fingerprint density at radius 3 is 2.20 bits per heavy atom. The van der Waals surface area contributed by atoms with Gasteiger partial charge in [-0.05, 0) is 73.2 Å². The number of carbonyl (C=O) groups is 1. The molecule has 208 valence electrons. The summed E-state index contributed by atoms with van der Waals surface area (Å²) in [5.41, 5.74) is 1.11. The molecule has 0 aromatic heterocycles. The molecule has 0 atom stereocenters. The highest BCUT2D eigenvalue weighted by Gasteiger charge is 2.31. The fraction of sp³-hybridized carbons (Fsp3) is 0.138. The standard InChI is InChI=1S/C29H26Cl2N2O6S/c1-19-9-12-27(38-3)28(15-19)40(35,36)33(21-11-14-25(37-2)23(31)17-21)18-29(34)32-24-16-20(30)10-13-26(24)39-22-7-5-4-6-8-22/h4-17H,18H2,1-3H3,(H,32,34). The Morgan fingerprint density at radius 2 is 1.52 bits per heavy atom. The summed E-state index contributed by atoms with van der Waals surface area (Å²) in [4.78, 5) is 13.3. The van der Waals surface area contributed by atoms with Crippen LogP contribution in [0.5, 0.6) is 23.0 Å². The minimum absolute atomic E-state index is 0.106. The van der Waals surface area contributed by atoms with Crippen molar-refractivity contribution >= 4 is 50.5 Å². The first-order valence-electron chi connectivity index (χ1n) is 12.0. The molecule has 4 aromatic carbocycles.